The standard InChI is InChI=1S/C29H33ClN2O3/c1-34-23-9-6-21-14-25-29-11-10-27(18-35-29,31-26(33)20-4-7-22(30)8-5-20)17-28(29,24(21)15-23)12-13-32(25)16-19-2-3-19/h4-9,15,19,25H,2-3,10-14,16-18H2,1H3,(H,31,33)/t25-,27?,28-,29-/m1/s1. The largest absolute Gasteiger partial charge is 0.497 e. The predicted octanol–water partition coefficient (Wildman–Crippen LogP) is 4.75. The van der Waals surface area contributed by atoms with Gasteiger partial charge in [0.15, 0.2) is 0 Å². The maximum Gasteiger partial charge on any atom is 0.251 e. The number of hydrogen-bond acceptors (Lipinski definition) is 4. The van der Waals surface area contributed by atoms with Crippen molar-refractivity contribution in [3.05, 3.63) is 64.2 Å². The van der Waals surface area contributed by atoms with Crippen LogP contribution in [0.2, 0.25) is 5.02 Å². The van der Waals surface area contributed by atoms with Gasteiger partial charge in [-0.1, -0.05) is 17.7 Å². The van der Waals surface area contributed by atoms with Crippen molar-refractivity contribution in [3.63, 3.8) is 0 Å². The molecule has 1 unspecified atom stereocenters. The number of fused-ring (bicyclic) bond motifs is 3. The van der Waals surface area contributed by atoms with Gasteiger partial charge in [-0.05, 0) is 105 Å². The van der Waals surface area contributed by atoms with Gasteiger partial charge in [-0.2, -0.15) is 0 Å². The number of carbonyl (C=O) groups is 1. The molecule has 6 aliphatic rings. The molecule has 4 bridgehead atoms. The zero-order valence-corrected chi connectivity index (χ0v) is 21.1. The number of nitrogens with one attached hydrogen (secondary N) is 1. The summed E-state index contributed by atoms with van der Waals surface area (Å²) >= 11 is 6.06. The minimum absolute atomic E-state index is 0.0412. The number of amides is 1. The highest BCUT2D eigenvalue weighted by Gasteiger charge is 2.71. The van der Waals surface area contributed by atoms with Crippen molar-refractivity contribution >= 4 is 17.5 Å². The lowest BCUT2D eigenvalue weighted by atomic mass is 9.45. The smallest absolute Gasteiger partial charge is 0.251 e. The average Bonchev–Trinajstić information content (AvgIpc) is 3.70. The molecule has 5 fully saturated rings. The zero-order chi connectivity index (χ0) is 23.8. The van der Waals surface area contributed by atoms with Crippen LogP contribution in [0.4, 0.5) is 0 Å². The summed E-state index contributed by atoms with van der Waals surface area (Å²) in [5.41, 5.74) is 2.81. The fourth-order valence-corrected chi connectivity index (χ4v) is 8.05. The maximum absolute atomic E-state index is 13.3. The van der Waals surface area contributed by atoms with E-state index in [1.165, 1.54) is 30.5 Å². The van der Waals surface area contributed by atoms with Gasteiger partial charge in [-0.15, -0.1) is 0 Å². The van der Waals surface area contributed by atoms with Gasteiger partial charge >= 0.3 is 0 Å². The Kier molecular flexibility index (Phi) is 4.88. The van der Waals surface area contributed by atoms with E-state index in [1.807, 2.05) is 0 Å². The third-order valence-electron chi connectivity index (χ3n) is 9.76. The van der Waals surface area contributed by atoms with Crippen LogP contribution in [0.1, 0.15) is 60.0 Å². The normalized spacial score (nSPS) is 35.2. The Morgan fingerprint density at radius 2 is 2.00 bits per heavy atom. The van der Waals surface area contributed by atoms with Crippen LogP contribution in [0.5, 0.6) is 5.75 Å². The van der Waals surface area contributed by atoms with E-state index in [2.05, 4.69) is 28.4 Å². The highest BCUT2D eigenvalue weighted by molar-refractivity contribution is 6.30. The molecule has 1 amide bonds. The first kappa shape index (κ1) is 22.1. The van der Waals surface area contributed by atoms with E-state index in [0.29, 0.717) is 23.2 Å². The molecule has 8 rings (SSSR count). The Bertz CT molecular complexity index is 1170. The average molecular weight is 493 g/mol. The van der Waals surface area contributed by atoms with Crippen molar-refractivity contribution in [3.8, 4) is 5.75 Å². The number of benzene rings is 2. The van der Waals surface area contributed by atoms with Crippen molar-refractivity contribution in [2.45, 2.75) is 67.5 Å². The van der Waals surface area contributed by atoms with Crippen LogP contribution < -0.4 is 10.1 Å². The molecule has 2 saturated carbocycles. The van der Waals surface area contributed by atoms with Gasteiger partial charge in [0, 0.05) is 28.6 Å². The number of hydrogen-bond donors (Lipinski definition) is 1. The highest BCUT2D eigenvalue weighted by Crippen LogP contribution is 2.65. The van der Waals surface area contributed by atoms with E-state index in [9.17, 15) is 4.79 Å². The second-order valence-electron chi connectivity index (χ2n) is 11.6. The summed E-state index contributed by atoms with van der Waals surface area (Å²) in [4.78, 5) is 16.1. The third kappa shape index (κ3) is 3.24. The summed E-state index contributed by atoms with van der Waals surface area (Å²) in [6.07, 6.45) is 7.71. The molecule has 3 aliphatic heterocycles. The molecule has 3 saturated heterocycles. The summed E-state index contributed by atoms with van der Waals surface area (Å²) in [6.45, 7) is 2.89. The zero-order valence-electron chi connectivity index (χ0n) is 20.3. The third-order valence-corrected chi connectivity index (χ3v) is 10.0. The van der Waals surface area contributed by atoms with Crippen molar-refractivity contribution in [1.29, 1.82) is 0 Å². The fraction of sp³-hybridized carbons (Fsp3) is 0.552. The maximum atomic E-state index is 13.3. The predicted molar refractivity (Wildman–Crippen MR) is 135 cm³/mol. The molecule has 0 aromatic heterocycles. The number of halogens is 1. The molecule has 1 spiro atoms. The van der Waals surface area contributed by atoms with Gasteiger partial charge in [0.1, 0.15) is 5.75 Å². The van der Waals surface area contributed by atoms with E-state index in [4.69, 9.17) is 21.1 Å². The lowest BCUT2D eigenvalue weighted by Crippen LogP contribution is -2.81. The molecule has 6 heteroatoms. The SMILES string of the molecule is COc1ccc2c(c1)[C@]13CCN(CC4CC4)[C@H](C2)[C@]12CCC(NC(=O)c1ccc(Cl)cc1)(CO2)C3. The monoisotopic (exact) mass is 492 g/mol. The molecule has 1 N–H and O–H groups in total. The van der Waals surface area contributed by atoms with E-state index < -0.39 is 0 Å². The van der Waals surface area contributed by atoms with Gasteiger partial charge in [0.25, 0.3) is 5.91 Å². The van der Waals surface area contributed by atoms with Crippen molar-refractivity contribution in [1.82, 2.24) is 10.2 Å². The van der Waals surface area contributed by atoms with Crippen LogP contribution >= 0.6 is 11.6 Å². The number of ether oxygens (including phenoxy) is 2. The highest BCUT2D eigenvalue weighted by atomic mass is 35.5. The van der Waals surface area contributed by atoms with Gasteiger partial charge in [0.2, 0.25) is 0 Å². The molecule has 0 radical (unpaired) electrons. The molecule has 35 heavy (non-hydrogen) atoms. The molecule has 5 nitrogen and oxygen atoms in total. The van der Waals surface area contributed by atoms with Crippen molar-refractivity contribution < 1.29 is 14.3 Å². The van der Waals surface area contributed by atoms with Crippen LogP contribution in [0.3, 0.4) is 0 Å². The summed E-state index contributed by atoms with van der Waals surface area (Å²) in [5, 5.41) is 4.08. The number of carbonyl (C=O) groups excluding carboxylic acids is 1. The Hall–Kier alpha value is -2.08. The second-order valence-corrected chi connectivity index (χ2v) is 12.0. The van der Waals surface area contributed by atoms with Gasteiger partial charge in [-0.25, -0.2) is 0 Å². The van der Waals surface area contributed by atoms with Crippen LogP contribution in [0.15, 0.2) is 42.5 Å². The van der Waals surface area contributed by atoms with Crippen molar-refractivity contribution in [2.75, 3.05) is 26.8 Å². The summed E-state index contributed by atoms with van der Waals surface area (Å²) in [6, 6.07) is 14.2. The quantitative estimate of drug-likeness (QED) is 0.654. The number of rotatable bonds is 5. The van der Waals surface area contributed by atoms with E-state index >= 15 is 0 Å². The second kappa shape index (κ2) is 7.71. The number of nitrogens with zero attached hydrogens (tertiary/aromatic N) is 1. The van der Waals surface area contributed by atoms with Crippen molar-refractivity contribution in [2.24, 2.45) is 5.92 Å². The molecule has 184 valence electrons. The topological polar surface area (TPSA) is 50.8 Å². The number of likely N-dealkylation sites (tertiary alicyclic amines) is 1. The van der Waals surface area contributed by atoms with E-state index in [0.717, 1.165) is 50.3 Å². The van der Waals surface area contributed by atoms with Crippen LogP contribution in [0, 0.1) is 5.92 Å². The van der Waals surface area contributed by atoms with E-state index in [-0.39, 0.29) is 22.5 Å². The van der Waals surface area contributed by atoms with Crippen LogP contribution in [-0.2, 0) is 16.6 Å². The first-order valence-corrected chi connectivity index (χ1v) is 13.5. The lowest BCUT2D eigenvalue weighted by molar-refractivity contribution is -0.261. The molecule has 2 aromatic rings. The Morgan fingerprint density at radius 1 is 1.17 bits per heavy atom. The van der Waals surface area contributed by atoms with Gasteiger partial charge < -0.3 is 14.8 Å². The molecular weight excluding hydrogens is 460 g/mol. The van der Waals surface area contributed by atoms with Gasteiger partial charge in [0.05, 0.1) is 24.9 Å². The fourth-order valence-electron chi connectivity index (χ4n) is 7.92. The Morgan fingerprint density at radius 3 is 2.71 bits per heavy atom. The molecule has 3 heterocycles. The van der Waals surface area contributed by atoms with Crippen LogP contribution in [0.25, 0.3) is 0 Å². The summed E-state index contributed by atoms with van der Waals surface area (Å²) in [7, 11) is 1.75. The molecular formula is C29H33ClN2O3. The lowest BCUT2D eigenvalue weighted by Gasteiger charge is -2.71. The summed E-state index contributed by atoms with van der Waals surface area (Å²) in [5.74, 6) is 1.73. The number of piperidine rings is 1. The molecule has 4 atom stereocenters. The molecule has 3 aliphatic carbocycles. The first-order valence-electron chi connectivity index (χ1n) is 13.1. The molecule has 2 aromatic carbocycles. The summed E-state index contributed by atoms with van der Waals surface area (Å²) < 4.78 is 12.7. The van der Waals surface area contributed by atoms with E-state index in [1.54, 1.807) is 31.4 Å². The Labute approximate surface area is 212 Å². The minimum atomic E-state index is -0.362. The number of methoxy groups -OCH3 is 1. The van der Waals surface area contributed by atoms with Crippen LogP contribution in [-0.4, -0.2) is 54.8 Å². The minimum Gasteiger partial charge on any atom is -0.497 e. The first-order chi connectivity index (χ1) is 17.0. The van der Waals surface area contributed by atoms with Gasteiger partial charge in [-0.3, -0.25) is 9.69 Å². The Balaban J connectivity index is 1.28.